The smallest absolute Gasteiger partial charge is 0.227 e. The van der Waals surface area contributed by atoms with E-state index in [0.29, 0.717) is 6.42 Å². The number of carbonyl (C=O) groups excluding carboxylic acids is 2. The van der Waals surface area contributed by atoms with E-state index in [2.05, 4.69) is 12.2 Å². The van der Waals surface area contributed by atoms with Crippen LogP contribution in [-0.2, 0) is 16.0 Å². The van der Waals surface area contributed by atoms with E-state index >= 15 is 0 Å². The number of rotatable bonds is 4. The minimum atomic E-state index is -0.0378. The van der Waals surface area contributed by atoms with Crippen molar-refractivity contribution in [3.05, 3.63) is 23.8 Å². The molecule has 4 nitrogen and oxygen atoms in total. The molecule has 0 saturated carbocycles. The molecule has 0 radical (unpaired) electrons. The second kappa shape index (κ2) is 6.07. The SMILES string of the molecule is CCCN1C(=O)CCc2cc(NC(=O)C(C)C)ccc21. The fourth-order valence-electron chi connectivity index (χ4n) is 2.39. The molecule has 0 saturated heterocycles. The van der Waals surface area contributed by atoms with Gasteiger partial charge in [0.15, 0.2) is 0 Å². The summed E-state index contributed by atoms with van der Waals surface area (Å²) in [5.41, 5.74) is 2.94. The van der Waals surface area contributed by atoms with Gasteiger partial charge in [0.25, 0.3) is 0 Å². The number of amides is 2. The van der Waals surface area contributed by atoms with Crippen molar-refractivity contribution in [2.75, 3.05) is 16.8 Å². The van der Waals surface area contributed by atoms with Crippen molar-refractivity contribution in [2.45, 2.75) is 40.0 Å². The number of nitrogens with one attached hydrogen (secondary N) is 1. The van der Waals surface area contributed by atoms with Gasteiger partial charge in [0, 0.05) is 30.3 Å². The summed E-state index contributed by atoms with van der Waals surface area (Å²) < 4.78 is 0. The Morgan fingerprint density at radius 3 is 2.75 bits per heavy atom. The maximum Gasteiger partial charge on any atom is 0.227 e. The maximum absolute atomic E-state index is 12.0. The molecule has 0 fully saturated rings. The zero-order valence-electron chi connectivity index (χ0n) is 12.4. The first kappa shape index (κ1) is 14.6. The van der Waals surface area contributed by atoms with E-state index < -0.39 is 0 Å². The Balaban J connectivity index is 2.23. The second-order valence-corrected chi connectivity index (χ2v) is 5.53. The van der Waals surface area contributed by atoms with Crippen molar-refractivity contribution in [1.29, 1.82) is 0 Å². The molecule has 1 aliphatic heterocycles. The van der Waals surface area contributed by atoms with Gasteiger partial charge in [0.05, 0.1) is 0 Å². The van der Waals surface area contributed by atoms with Gasteiger partial charge in [-0.25, -0.2) is 0 Å². The van der Waals surface area contributed by atoms with E-state index in [4.69, 9.17) is 0 Å². The van der Waals surface area contributed by atoms with Crippen molar-refractivity contribution in [3.8, 4) is 0 Å². The van der Waals surface area contributed by atoms with Crippen LogP contribution < -0.4 is 10.2 Å². The normalized spacial score (nSPS) is 14.4. The molecular formula is C16H22N2O2. The van der Waals surface area contributed by atoms with Gasteiger partial charge in [-0.15, -0.1) is 0 Å². The van der Waals surface area contributed by atoms with Crippen molar-refractivity contribution < 1.29 is 9.59 Å². The summed E-state index contributed by atoms with van der Waals surface area (Å²) >= 11 is 0. The van der Waals surface area contributed by atoms with Gasteiger partial charge in [-0.3, -0.25) is 9.59 Å². The number of hydrogen-bond acceptors (Lipinski definition) is 2. The largest absolute Gasteiger partial charge is 0.326 e. The minimum Gasteiger partial charge on any atom is -0.326 e. The molecule has 2 amide bonds. The summed E-state index contributed by atoms with van der Waals surface area (Å²) in [6.45, 7) is 6.56. The molecule has 2 rings (SSSR count). The molecule has 108 valence electrons. The average Bonchev–Trinajstić information content (AvgIpc) is 2.42. The molecule has 1 N–H and O–H groups in total. The third-order valence-electron chi connectivity index (χ3n) is 3.52. The first-order chi connectivity index (χ1) is 9.52. The topological polar surface area (TPSA) is 49.4 Å². The van der Waals surface area contributed by atoms with E-state index in [1.54, 1.807) is 0 Å². The Labute approximate surface area is 120 Å². The summed E-state index contributed by atoms with van der Waals surface area (Å²) in [4.78, 5) is 25.5. The zero-order chi connectivity index (χ0) is 14.7. The van der Waals surface area contributed by atoms with E-state index in [9.17, 15) is 9.59 Å². The van der Waals surface area contributed by atoms with Crippen LogP contribution in [-0.4, -0.2) is 18.4 Å². The molecule has 1 aromatic rings. The quantitative estimate of drug-likeness (QED) is 0.917. The molecule has 1 aliphatic rings. The molecule has 0 atom stereocenters. The van der Waals surface area contributed by atoms with Crippen molar-refractivity contribution in [3.63, 3.8) is 0 Å². The number of carbonyl (C=O) groups is 2. The first-order valence-corrected chi connectivity index (χ1v) is 7.27. The molecule has 0 unspecified atom stereocenters. The van der Waals surface area contributed by atoms with E-state index in [1.807, 2.05) is 36.9 Å². The van der Waals surface area contributed by atoms with Crippen LogP contribution in [0, 0.1) is 5.92 Å². The number of benzene rings is 1. The van der Waals surface area contributed by atoms with Crippen LogP contribution in [0.4, 0.5) is 11.4 Å². The highest BCUT2D eigenvalue weighted by molar-refractivity contribution is 5.97. The molecule has 0 aromatic heterocycles. The van der Waals surface area contributed by atoms with Crippen molar-refractivity contribution in [1.82, 2.24) is 0 Å². The van der Waals surface area contributed by atoms with Gasteiger partial charge in [0.2, 0.25) is 11.8 Å². The first-order valence-electron chi connectivity index (χ1n) is 7.27. The Morgan fingerprint density at radius 1 is 1.35 bits per heavy atom. The fourth-order valence-corrected chi connectivity index (χ4v) is 2.39. The Morgan fingerprint density at radius 2 is 2.10 bits per heavy atom. The van der Waals surface area contributed by atoms with E-state index in [1.165, 1.54) is 0 Å². The lowest BCUT2D eigenvalue weighted by Gasteiger charge is -2.29. The predicted octanol–water partition coefficient (Wildman–Crippen LogP) is 2.97. The molecule has 0 spiro atoms. The van der Waals surface area contributed by atoms with Crippen LogP contribution in [0.5, 0.6) is 0 Å². The fraction of sp³-hybridized carbons (Fsp3) is 0.500. The van der Waals surface area contributed by atoms with Crippen LogP contribution in [0.1, 0.15) is 39.2 Å². The maximum atomic E-state index is 12.0. The Hall–Kier alpha value is -1.84. The molecule has 0 bridgehead atoms. The summed E-state index contributed by atoms with van der Waals surface area (Å²) in [6.07, 6.45) is 2.24. The number of fused-ring (bicyclic) bond motifs is 1. The number of nitrogens with zero attached hydrogens (tertiary/aromatic N) is 1. The molecule has 0 aliphatic carbocycles. The van der Waals surface area contributed by atoms with Crippen molar-refractivity contribution >= 4 is 23.2 Å². The lowest BCUT2D eigenvalue weighted by molar-refractivity contribution is -0.119. The molecule has 1 aromatic carbocycles. The molecular weight excluding hydrogens is 252 g/mol. The van der Waals surface area contributed by atoms with E-state index in [-0.39, 0.29) is 17.7 Å². The Kier molecular flexibility index (Phi) is 4.42. The van der Waals surface area contributed by atoms with Crippen LogP contribution in [0.3, 0.4) is 0 Å². The highest BCUT2D eigenvalue weighted by atomic mass is 16.2. The number of anilines is 2. The Bertz CT molecular complexity index is 523. The van der Waals surface area contributed by atoms with Crippen LogP contribution in [0.25, 0.3) is 0 Å². The van der Waals surface area contributed by atoms with Gasteiger partial charge < -0.3 is 10.2 Å². The van der Waals surface area contributed by atoms with Gasteiger partial charge >= 0.3 is 0 Å². The van der Waals surface area contributed by atoms with Gasteiger partial charge in [-0.05, 0) is 36.6 Å². The third kappa shape index (κ3) is 3.00. The predicted molar refractivity (Wildman–Crippen MR) is 80.9 cm³/mol. The van der Waals surface area contributed by atoms with E-state index in [0.717, 1.165) is 36.3 Å². The minimum absolute atomic E-state index is 0.0160. The second-order valence-electron chi connectivity index (χ2n) is 5.53. The standard InChI is InChI=1S/C16H22N2O2/c1-4-9-18-14-7-6-13(17-16(20)11(2)3)10-12(14)5-8-15(18)19/h6-7,10-11H,4-5,8-9H2,1-3H3,(H,17,20). The number of aryl methyl sites for hydroxylation is 1. The average molecular weight is 274 g/mol. The highest BCUT2D eigenvalue weighted by Gasteiger charge is 2.23. The summed E-state index contributed by atoms with van der Waals surface area (Å²) in [7, 11) is 0. The molecule has 20 heavy (non-hydrogen) atoms. The lowest BCUT2D eigenvalue weighted by Crippen LogP contribution is -2.35. The summed E-state index contributed by atoms with van der Waals surface area (Å²) in [5.74, 6) is 0.171. The van der Waals surface area contributed by atoms with Crippen LogP contribution in [0.15, 0.2) is 18.2 Å². The summed E-state index contributed by atoms with van der Waals surface area (Å²) in [5, 5.41) is 2.91. The zero-order valence-corrected chi connectivity index (χ0v) is 12.4. The summed E-state index contributed by atoms with van der Waals surface area (Å²) in [6, 6.07) is 5.81. The number of hydrogen-bond donors (Lipinski definition) is 1. The van der Waals surface area contributed by atoms with Crippen LogP contribution in [0.2, 0.25) is 0 Å². The van der Waals surface area contributed by atoms with Gasteiger partial charge in [-0.1, -0.05) is 20.8 Å². The molecule has 1 heterocycles. The lowest BCUT2D eigenvalue weighted by atomic mass is 10.00. The van der Waals surface area contributed by atoms with Gasteiger partial charge in [0.1, 0.15) is 0 Å². The van der Waals surface area contributed by atoms with Gasteiger partial charge in [-0.2, -0.15) is 0 Å². The molecule has 4 heteroatoms. The van der Waals surface area contributed by atoms with Crippen LogP contribution >= 0.6 is 0 Å². The highest BCUT2D eigenvalue weighted by Crippen LogP contribution is 2.30. The third-order valence-corrected chi connectivity index (χ3v) is 3.52. The van der Waals surface area contributed by atoms with Crippen molar-refractivity contribution in [2.24, 2.45) is 5.92 Å². The monoisotopic (exact) mass is 274 g/mol.